The van der Waals surface area contributed by atoms with Gasteiger partial charge in [0, 0.05) is 22.9 Å². The summed E-state index contributed by atoms with van der Waals surface area (Å²) < 4.78 is 40.6. The molecule has 0 aliphatic carbocycles. The van der Waals surface area contributed by atoms with Gasteiger partial charge in [0.05, 0.1) is 0 Å². The van der Waals surface area contributed by atoms with Crippen LogP contribution in [0.15, 0.2) is 42.6 Å². The van der Waals surface area contributed by atoms with Crippen molar-refractivity contribution < 1.29 is 17.9 Å². The molecule has 0 spiro atoms. The summed E-state index contributed by atoms with van der Waals surface area (Å²) in [5.41, 5.74) is 2.23. The molecule has 1 aromatic heterocycles. The number of nitrogens with zero attached hydrogens (tertiary/aromatic N) is 1. The Morgan fingerprint density at radius 3 is 2.19 bits per heavy atom. The molecule has 0 bridgehead atoms. The average molecular weight is 295 g/mol. The fraction of sp³-hybridized carbons (Fsp3) is 0.312. The fourth-order valence-corrected chi connectivity index (χ4v) is 1.88. The summed E-state index contributed by atoms with van der Waals surface area (Å²) in [7, 11) is 0. The number of pyridine rings is 1. The first kappa shape index (κ1) is 15.4. The van der Waals surface area contributed by atoms with E-state index in [1.54, 1.807) is 12.3 Å². The standard InChI is InChI=1S/C16H16F3NO/c1-15(2,3)14-8-7-12(10-20-14)11-5-4-6-13(9-11)21-16(17,18)19/h4-10H,1-3H3. The lowest BCUT2D eigenvalue weighted by molar-refractivity contribution is -0.274. The molecule has 112 valence electrons. The van der Waals surface area contributed by atoms with E-state index in [2.05, 4.69) is 9.72 Å². The van der Waals surface area contributed by atoms with Crippen molar-refractivity contribution in [3.8, 4) is 16.9 Å². The molecule has 0 aliphatic heterocycles. The summed E-state index contributed by atoms with van der Waals surface area (Å²) in [5, 5.41) is 0. The first-order chi connectivity index (χ1) is 9.65. The molecule has 0 atom stereocenters. The highest BCUT2D eigenvalue weighted by Gasteiger charge is 2.31. The molecule has 0 saturated heterocycles. The van der Waals surface area contributed by atoms with Gasteiger partial charge < -0.3 is 4.74 Å². The summed E-state index contributed by atoms with van der Waals surface area (Å²) >= 11 is 0. The van der Waals surface area contributed by atoms with E-state index >= 15 is 0 Å². The second-order valence-corrected chi connectivity index (χ2v) is 5.76. The summed E-state index contributed by atoms with van der Waals surface area (Å²) in [5.74, 6) is -0.236. The third-order valence-corrected chi connectivity index (χ3v) is 2.93. The highest BCUT2D eigenvalue weighted by molar-refractivity contribution is 5.64. The van der Waals surface area contributed by atoms with Gasteiger partial charge in [0.2, 0.25) is 0 Å². The van der Waals surface area contributed by atoms with Crippen LogP contribution >= 0.6 is 0 Å². The molecule has 21 heavy (non-hydrogen) atoms. The maximum atomic E-state index is 12.2. The fourth-order valence-electron chi connectivity index (χ4n) is 1.88. The summed E-state index contributed by atoms with van der Waals surface area (Å²) in [6.45, 7) is 6.15. The van der Waals surface area contributed by atoms with Gasteiger partial charge in [-0.15, -0.1) is 13.2 Å². The Balaban J connectivity index is 2.28. The van der Waals surface area contributed by atoms with Crippen LogP contribution in [0.4, 0.5) is 13.2 Å². The smallest absolute Gasteiger partial charge is 0.406 e. The van der Waals surface area contributed by atoms with Crippen LogP contribution in [0.3, 0.4) is 0 Å². The molecule has 1 aromatic carbocycles. The lowest BCUT2D eigenvalue weighted by atomic mass is 9.91. The van der Waals surface area contributed by atoms with Crippen molar-refractivity contribution in [2.24, 2.45) is 0 Å². The van der Waals surface area contributed by atoms with Crippen LogP contribution in [0.2, 0.25) is 0 Å². The highest BCUT2D eigenvalue weighted by Crippen LogP contribution is 2.28. The zero-order valence-electron chi connectivity index (χ0n) is 12.0. The van der Waals surface area contributed by atoms with Gasteiger partial charge in [-0.3, -0.25) is 4.98 Å². The minimum Gasteiger partial charge on any atom is -0.406 e. The van der Waals surface area contributed by atoms with Crippen LogP contribution < -0.4 is 4.74 Å². The molecule has 0 radical (unpaired) electrons. The number of halogens is 3. The van der Waals surface area contributed by atoms with Crippen molar-refractivity contribution in [1.82, 2.24) is 4.98 Å². The number of hydrogen-bond acceptors (Lipinski definition) is 2. The van der Waals surface area contributed by atoms with E-state index in [0.717, 1.165) is 11.3 Å². The van der Waals surface area contributed by atoms with E-state index in [0.29, 0.717) is 5.56 Å². The number of rotatable bonds is 2. The van der Waals surface area contributed by atoms with Crippen molar-refractivity contribution >= 4 is 0 Å². The van der Waals surface area contributed by atoms with E-state index in [1.165, 1.54) is 18.2 Å². The van der Waals surface area contributed by atoms with E-state index in [9.17, 15) is 13.2 Å². The molecule has 0 amide bonds. The molecule has 2 nitrogen and oxygen atoms in total. The Labute approximate surface area is 121 Å². The molecule has 0 unspecified atom stereocenters. The van der Waals surface area contributed by atoms with E-state index in [1.807, 2.05) is 32.9 Å². The molecule has 5 heteroatoms. The number of ether oxygens (including phenoxy) is 1. The van der Waals surface area contributed by atoms with Crippen LogP contribution in [0.25, 0.3) is 11.1 Å². The third kappa shape index (κ3) is 4.21. The minimum absolute atomic E-state index is 0.0697. The summed E-state index contributed by atoms with van der Waals surface area (Å²) in [4.78, 5) is 4.37. The third-order valence-electron chi connectivity index (χ3n) is 2.93. The van der Waals surface area contributed by atoms with Gasteiger partial charge in [0.25, 0.3) is 0 Å². The van der Waals surface area contributed by atoms with Crippen molar-refractivity contribution in [3.05, 3.63) is 48.3 Å². The quantitative estimate of drug-likeness (QED) is 0.782. The zero-order valence-corrected chi connectivity index (χ0v) is 12.0. The van der Waals surface area contributed by atoms with Gasteiger partial charge in [-0.05, 0) is 23.8 Å². The second-order valence-electron chi connectivity index (χ2n) is 5.76. The Hall–Kier alpha value is -2.04. The second kappa shape index (κ2) is 5.39. The van der Waals surface area contributed by atoms with Gasteiger partial charge in [-0.2, -0.15) is 0 Å². The Kier molecular flexibility index (Phi) is 3.94. The zero-order chi connectivity index (χ0) is 15.7. The van der Waals surface area contributed by atoms with Gasteiger partial charge >= 0.3 is 6.36 Å². The summed E-state index contributed by atoms with van der Waals surface area (Å²) in [6.07, 6.45) is -3.03. The highest BCUT2D eigenvalue weighted by atomic mass is 19.4. The molecule has 0 fully saturated rings. The first-order valence-corrected chi connectivity index (χ1v) is 6.48. The van der Waals surface area contributed by atoms with E-state index in [4.69, 9.17) is 0 Å². The van der Waals surface area contributed by atoms with Crippen LogP contribution in [-0.2, 0) is 5.41 Å². The van der Waals surface area contributed by atoms with Gasteiger partial charge in [-0.1, -0.05) is 39.0 Å². The Bertz CT molecular complexity index is 613. The molecule has 1 heterocycles. The first-order valence-electron chi connectivity index (χ1n) is 6.48. The van der Waals surface area contributed by atoms with Gasteiger partial charge in [0.15, 0.2) is 0 Å². The van der Waals surface area contributed by atoms with Crippen molar-refractivity contribution in [3.63, 3.8) is 0 Å². The van der Waals surface area contributed by atoms with E-state index in [-0.39, 0.29) is 11.2 Å². The van der Waals surface area contributed by atoms with Gasteiger partial charge in [0.1, 0.15) is 5.75 Å². The van der Waals surface area contributed by atoms with Crippen molar-refractivity contribution in [2.45, 2.75) is 32.5 Å². The molecule has 2 rings (SSSR count). The Morgan fingerprint density at radius 1 is 0.952 bits per heavy atom. The predicted octanol–water partition coefficient (Wildman–Crippen LogP) is 4.94. The number of alkyl halides is 3. The van der Waals surface area contributed by atoms with E-state index < -0.39 is 6.36 Å². The largest absolute Gasteiger partial charge is 0.573 e. The lowest BCUT2D eigenvalue weighted by Gasteiger charge is -2.17. The van der Waals surface area contributed by atoms with Crippen LogP contribution in [0.1, 0.15) is 26.5 Å². The number of hydrogen-bond donors (Lipinski definition) is 0. The Morgan fingerprint density at radius 2 is 1.67 bits per heavy atom. The van der Waals surface area contributed by atoms with Crippen LogP contribution in [-0.4, -0.2) is 11.3 Å². The maximum Gasteiger partial charge on any atom is 0.573 e. The SMILES string of the molecule is CC(C)(C)c1ccc(-c2cccc(OC(F)(F)F)c2)cn1. The number of aromatic nitrogens is 1. The average Bonchev–Trinajstić information content (AvgIpc) is 2.36. The van der Waals surface area contributed by atoms with Crippen molar-refractivity contribution in [2.75, 3.05) is 0 Å². The van der Waals surface area contributed by atoms with Crippen molar-refractivity contribution in [1.29, 1.82) is 0 Å². The molecule has 2 aromatic rings. The number of benzene rings is 1. The molecule has 0 N–H and O–H groups in total. The molecule has 0 saturated carbocycles. The molecular weight excluding hydrogens is 279 g/mol. The minimum atomic E-state index is -4.69. The van der Waals surface area contributed by atoms with Crippen LogP contribution in [0, 0.1) is 0 Å². The summed E-state index contributed by atoms with van der Waals surface area (Å²) in [6, 6.07) is 9.59. The normalized spacial score (nSPS) is 12.3. The molecular formula is C16H16F3NO. The molecule has 0 aliphatic rings. The topological polar surface area (TPSA) is 22.1 Å². The predicted molar refractivity (Wildman–Crippen MR) is 75.1 cm³/mol. The van der Waals surface area contributed by atoms with Gasteiger partial charge in [-0.25, -0.2) is 0 Å². The monoisotopic (exact) mass is 295 g/mol. The lowest BCUT2D eigenvalue weighted by Crippen LogP contribution is -2.17. The maximum absolute atomic E-state index is 12.2. The van der Waals surface area contributed by atoms with Crippen LogP contribution in [0.5, 0.6) is 5.75 Å².